The van der Waals surface area contributed by atoms with Crippen molar-refractivity contribution in [3.8, 4) is 11.5 Å². The lowest BCUT2D eigenvalue weighted by molar-refractivity contribution is 0.0984. The predicted octanol–water partition coefficient (Wildman–Crippen LogP) is 5.22. The van der Waals surface area contributed by atoms with E-state index in [1.807, 2.05) is 12.3 Å². The number of carbonyl (C=O) groups is 1. The van der Waals surface area contributed by atoms with Crippen molar-refractivity contribution in [3.05, 3.63) is 68.3 Å². The molecule has 0 unspecified atom stereocenters. The highest BCUT2D eigenvalue weighted by Gasteiger charge is 2.22. The molecule has 2 aromatic carbocycles. The molecule has 0 fully saturated rings. The number of benzene rings is 2. The quantitative estimate of drug-likeness (QED) is 0.501. The fraction of sp³-hybridized carbons (Fsp3) is 0.200. The van der Waals surface area contributed by atoms with Gasteiger partial charge in [-0.3, -0.25) is 4.79 Å². The van der Waals surface area contributed by atoms with E-state index in [4.69, 9.17) is 9.47 Å². The maximum Gasteiger partial charge on any atom is 0.258 e. The van der Waals surface area contributed by atoms with E-state index in [9.17, 15) is 9.18 Å². The molecule has 0 saturated heterocycles. The van der Waals surface area contributed by atoms with Gasteiger partial charge in [0.05, 0.1) is 31.5 Å². The van der Waals surface area contributed by atoms with Crippen molar-refractivity contribution < 1.29 is 18.7 Å². The van der Waals surface area contributed by atoms with Crippen molar-refractivity contribution >= 4 is 38.9 Å². The number of hydrogen-bond acceptors (Lipinski definition) is 5. The molecule has 0 radical (unpaired) electrons. The molecule has 0 spiro atoms. The molecular weight excluding hydrogens is 447 g/mol. The summed E-state index contributed by atoms with van der Waals surface area (Å²) in [5.41, 5.74) is 1.71. The zero-order chi connectivity index (χ0) is 20.3. The summed E-state index contributed by atoms with van der Waals surface area (Å²) in [5.74, 6) is 0.312. The Balaban J connectivity index is 2.04. The van der Waals surface area contributed by atoms with Gasteiger partial charge in [0.15, 0.2) is 0 Å². The number of anilines is 1. The van der Waals surface area contributed by atoms with Crippen LogP contribution in [0.25, 0.3) is 0 Å². The maximum atomic E-state index is 13.4. The molecule has 0 N–H and O–H groups in total. The van der Waals surface area contributed by atoms with E-state index < -0.39 is 0 Å². The molecule has 0 aliphatic heterocycles. The molecule has 28 heavy (non-hydrogen) atoms. The molecule has 0 aliphatic rings. The summed E-state index contributed by atoms with van der Waals surface area (Å²) in [5, 5.41) is 2.82. The zero-order valence-corrected chi connectivity index (χ0v) is 17.9. The van der Waals surface area contributed by atoms with Gasteiger partial charge in [-0.25, -0.2) is 9.37 Å². The molecule has 146 valence electrons. The fourth-order valence-corrected chi connectivity index (χ4v) is 3.85. The Morgan fingerprint density at radius 3 is 2.29 bits per heavy atom. The third-order valence-electron chi connectivity index (χ3n) is 4.06. The molecule has 8 heteroatoms. The number of aryl methyl sites for hydroxylation is 1. The minimum absolute atomic E-state index is 0.259. The molecule has 3 rings (SSSR count). The molecule has 0 atom stereocenters. The van der Waals surface area contributed by atoms with Gasteiger partial charge in [0, 0.05) is 16.6 Å². The van der Waals surface area contributed by atoms with Crippen LogP contribution in [0, 0.1) is 12.7 Å². The van der Waals surface area contributed by atoms with E-state index >= 15 is 0 Å². The number of rotatable bonds is 6. The van der Waals surface area contributed by atoms with Crippen LogP contribution in [0.2, 0.25) is 0 Å². The highest BCUT2D eigenvalue weighted by Crippen LogP contribution is 2.36. The van der Waals surface area contributed by atoms with Gasteiger partial charge in [-0.05, 0) is 59.3 Å². The Morgan fingerprint density at radius 2 is 1.79 bits per heavy atom. The molecule has 0 saturated carbocycles. The second-order valence-corrected chi connectivity index (χ2v) is 7.78. The molecule has 0 bridgehead atoms. The van der Waals surface area contributed by atoms with Crippen LogP contribution in [0.4, 0.5) is 10.1 Å². The average molecular weight is 465 g/mol. The number of methoxy groups -OCH3 is 2. The minimum Gasteiger partial charge on any atom is -0.495 e. The van der Waals surface area contributed by atoms with Crippen LogP contribution in [-0.4, -0.2) is 25.1 Å². The standard InChI is InChI=1S/C20H18BrFN2O3S/c1-12-23-15(11-28-12)10-24(16-6-4-14(22)5-7-16)20(25)13-8-17(26-2)19(21)18(9-13)27-3/h4-9,11H,10H2,1-3H3. The Morgan fingerprint density at radius 1 is 1.18 bits per heavy atom. The average Bonchev–Trinajstić information content (AvgIpc) is 3.11. The first-order valence-electron chi connectivity index (χ1n) is 8.33. The largest absolute Gasteiger partial charge is 0.495 e. The number of halogens is 2. The lowest BCUT2D eigenvalue weighted by Crippen LogP contribution is -2.30. The van der Waals surface area contributed by atoms with E-state index in [2.05, 4.69) is 20.9 Å². The van der Waals surface area contributed by atoms with Gasteiger partial charge < -0.3 is 14.4 Å². The first-order valence-corrected chi connectivity index (χ1v) is 10.00. The number of amides is 1. The normalized spacial score (nSPS) is 10.6. The first-order chi connectivity index (χ1) is 13.4. The molecular formula is C20H18BrFN2O3S. The van der Waals surface area contributed by atoms with E-state index in [1.165, 1.54) is 37.7 Å². The molecule has 1 amide bonds. The molecule has 0 aliphatic carbocycles. The Hall–Kier alpha value is -2.45. The van der Waals surface area contributed by atoms with Gasteiger partial charge >= 0.3 is 0 Å². The van der Waals surface area contributed by atoms with Crippen LogP contribution in [-0.2, 0) is 6.54 Å². The molecule has 5 nitrogen and oxygen atoms in total. The highest BCUT2D eigenvalue weighted by molar-refractivity contribution is 9.10. The second kappa shape index (κ2) is 8.70. The van der Waals surface area contributed by atoms with Crippen LogP contribution < -0.4 is 14.4 Å². The first kappa shape index (κ1) is 20.3. The molecule has 1 aromatic heterocycles. The smallest absolute Gasteiger partial charge is 0.258 e. The van der Waals surface area contributed by atoms with Gasteiger partial charge in [0.25, 0.3) is 5.91 Å². The summed E-state index contributed by atoms with van der Waals surface area (Å²) in [6.07, 6.45) is 0. The summed E-state index contributed by atoms with van der Waals surface area (Å²) in [6.45, 7) is 2.16. The van der Waals surface area contributed by atoms with E-state index in [1.54, 1.807) is 29.2 Å². The summed E-state index contributed by atoms with van der Waals surface area (Å²) in [4.78, 5) is 19.4. The second-order valence-electron chi connectivity index (χ2n) is 5.92. The number of aromatic nitrogens is 1. The maximum absolute atomic E-state index is 13.4. The van der Waals surface area contributed by atoms with E-state index in [-0.39, 0.29) is 18.3 Å². The Kier molecular flexibility index (Phi) is 6.31. The van der Waals surface area contributed by atoms with Gasteiger partial charge in [-0.1, -0.05) is 0 Å². The summed E-state index contributed by atoms with van der Waals surface area (Å²) in [7, 11) is 3.03. The SMILES string of the molecule is COc1cc(C(=O)N(Cc2csc(C)n2)c2ccc(F)cc2)cc(OC)c1Br. The number of ether oxygens (including phenoxy) is 2. The predicted molar refractivity (Wildman–Crippen MR) is 111 cm³/mol. The van der Waals surface area contributed by atoms with Crippen molar-refractivity contribution in [2.45, 2.75) is 13.5 Å². The minimum atomic E-state index is -0.368. The lowest BCUT2D eigenvalue weighted by Gasteiger charge is -2.23. The summed E-state index contributed by atoms with van der Waals surface area (Å²) in [6, 6.07) is 9.06. The van der Waals surface area contributed by atoms with Crippen molar-refractivity contribution in [1.29, 1.82) is 0 Å². The number of thiazole rings is 1. The van der Waals surface area contributed by atoms with Crippen LogP contribution in [0.15, 0.2) is 46.3 Å². The van der Waals surface area contributed by atoms with Crippen LogP contribution >= 0.6 is 27.3 Å². The number of hydrogen-bond donors (Lipinski definition) is 0. The van der Waals surface area contributed by atoms with Crippen molar-refractivity contribution in [1.82, 2.24) is 4.98 Å². The third kappa shape index (κ3) is 4.34. The van der Waals surface area contributed by atoms with Crippen molar-refractivity contribution in [3.63, 3.8) is 0 Å². The summed E-state index contributed by atoms with van der Waals surface area (Å²) >= 11 is 4.92. The van der Waals surface area contributed by atoms with E-state index in [0.717, 1.165) is 10.7 Å². The van der Waals surface area contributed by atoms with Gasteiger partial charge in [0.2, 0.25) is 0 Å². The van der Waals surface area contributed by atoms with Gasteiger partial charge in [-0.15, -0.1) is 11.3 Å². The molecule has 1 heterocycles. The number of carbonyl (C=O) groups excluding carboxylic acids is 1. The summed E-state index contributed by atoms with van der Waals surface area (Å²) < 4.78 is 24.7. The number of nitrogens with zero attached hydrogens (tertiary/aromatic N) is 2. The zero-order valence-electron chi connectivity index (χ0n) is 15.5. The van der Waals surface area contributed by atoms with Crippen LogP contribution in [0.1, 0.15) is 21.1 Å². The van der Waals surface area contributed by atoms with Gasteiger partial charge in [-0.2, -0.15) is 0 Å². The monoisotopic (exact) mass is 464 g/mol. The third-order valence-corrected chi connectivity index (χ3v) is 5.67. The van der Waals surface area contributed by atoms with Crippen molar-refractivity contribution in [2.24, 2.45) is 0 Å². The van der Waals surface area contributed by atoms with Crippen LogP contribution in [0.5, 0.6) is 11.5 Å². The van der Waals surface area contributed by atoms with Crippen LogP contribution in [0.3, 0.4) is 0 Å². The Bertz CT molecular complexity index is 966. The Labute approximate surface area is 174 Å². The van der Waals surface area contributed by atoms with Gasteiger partial charge in [0.1, 0.15) is 21.8 Å². The van der Waals surface area contributed by atoms with E-state index in [0.29, 0.717) is 27.2 Å². The lowest BCUT2D eigenvalue weighted by atomic mass is 10.1. The van der Waals surface area contributed by atoms with Crippen molar-refractivity contribution in [2.75, 3.05) is 19.1 Å². The highest BCUT2D eigenvalue weighted by atomic mass is 79.9. The molecule has 3 aromatic rings. The topological polar surface area (TPSA) is 51.7 Å². The fourth-order valence-electron chi connectivity index (χ4n) is 2.69.